The van der Waals surface area contributed by atoms with Gasteiger partial charge in [0.25, 0.3) is 0 Å². The van der Waals surface area contributed by atoms with Gasteiger partial charge in [0.05, 0.1) is 12.2 Å². The van der Waals surface area contributed by atoms with Crippen molar-refractivity contribution in [1.82, 2.24) is 0 Å². The summed E-state index contributed by atoms with van der Waals surface area (Å²) in [6.45, 7) is 0. The molecule has 1 saturated heterocycles. The summed E-state index contributed by atoms with van der Waals surface area (Å²) in [6, 6.07) is 14.0. The number of rotatable bonds is 5. The van der Waals surface area contributed by atoms with Gasteiger partial charge in [0.15, 0.2) is 9.84 Å². The molecule has 1 aromatic carbocycles. The lowest BCUT2D eigenvalue weighted by atomic mass is 9.95. The summed E-state index contributed by atoms with van der Waals surface area (Å²) in [5, 5.41) is 13.6. The highest BCUT2D eigenvalue weighted by atomic mass is 32.2. The van der Waals surface area contributed by atoms with Gasteiger partial charge in [0.2, 0.25) is 0 Å². The zero-order valence-corrected chi connectivity index (χ0v) is 17.6. The molecule has 0 aliphatic carbocycles. The highest BCUT2D eigenvalue weighted by Gasteiger charge is 2.49. The Morgan fingerprint density at radius 1 is 1.00 bits per heavy atom. The molecule has 4 nitrogen and oxygen atoms in total. The Bertz CT molecular complexity index is 1080. The number of carbonyl (C=O) groups is 1. The van der Waals surface area contributed by atoms with Gasteiger partial charge in [-0.1, -0.05) is 30.7 Å². The Labute approximate surface area is 172 Å². The molecular formula is C21H20O4S3. The van der Waals surface area contributed by atoms with E-state index in [4.69, 9.17) is 0 Å². The van der Waals surface area contributed by atoms with Crippen LogP contribution in [0.15, 0.2) is 53.2 Å². The van der Waals surface area contributed by atoms with Gasteiger partial charge in [-0.2, -0.15) is 11.3 Å². The van der Waals surface area contributed by atoms with Gasteiger partial charge in [0, 0.05) is 9.75 Å². The molecule has 0 amide bonds. The minimum absolute atomic E-state index is 0.0584. The maximum atomic E-state index is 12.9. The predicted octanol–water partition coefficient (Wildman–Crippen LogP) is 5.41. The van der Waals surface area contributed by atoms with Crippen LogP contribution in [0.2, 0.25) is 0 Å². The Kier molecular flexibility index (Phi) is 5.16. The van der Waals surface area contributed by atoms with Crippen LogP contribution in [0.25, 0.3) is 21.6 Å². The first-order valence-corrected chi connectivity index (χ1v) is 12.5. The van der Waals surface area contributed by atoms with E-state index in [0.29, 0.717) is 17.7 Å². The fourth-order valence-electron chi connectivity index (χ4n) is 3.85. The average molecular weight is 433 g/mol. The van der Waals surface area contributed by atoms with Crippen LogP contribution >= 0.6 is 22.7 Å². The number of aliphatic carboxylic acids is 1. The van der Waals surface area contributed by atoms with Crippen molar-refractivity contribution < 1.29 is 18.3 Å². The molecule has 2 aromatic heterocycles. The number of carboxylic acid groups (broad SMARTS) is 1. The van der Waals surface area contributed by atoms with Crippen LogP contribution in [-0.2, 0) is 19.4 Å². The van der Waals surface area contributed by atoms with Gasteiger partial charge < -0.3 is 5.11 Å². The summed E-state index contributed by atoms with van der Waals surface area (Å²) in [5.74, 6) is -1.01. The fraction of sp³-hybridized carbons (Fsp3) is 0.286. The maximum absolute atomic E-state index is 12.9. The molecule has 1 unspecified atom stereocenters. The van der Waals surface area contributed by atoms with E-state index < -0.39 is 20.6 Å². The highest BCUT2D eigenvalue weighted by molar-refractivity contribution is 7.92. The van der Waals surface area contributed by atoms with Gasteiger partial charge in [-0.3, -0.25) is 4.79 Å². The molecule has 3 aromatic rings. The summed E-state index contributed by atoms with van der Waals surface area (Å²) >= 11 is 3.05. The van der Waals surface area contributed by atoms with Crippen LogP contribution < -0.4 is 0 Å². The van der Waals surface area contributed by atoms with E-state index in [1.54, 1.807) is 17.4 Å². The molecule has 0 radical (unpaired) electrons. The number of sulfone groups is 1. The summed E-state index contributed by atoms with van der Waals surface area (Å²) in [5.41, 5.74) is 3.32. The first-order valence-electron chi connectivity index (χ1n) is 9.09. The molecule has 0 saturated carbocycles. The van der Waals surface area contributed by atoms with Crippen molar-refractivity contribution in [2.75, 3.05) is 5.75 Å². The van der Waals surface area contributed by atoms with Crippen LogP contribution in [0.1, 0.15) is 30.6 Å². The lowest BCUT2D eigenvalue weighted by Gasteiger charge is -2.34. The fourth-order valence-corrected chi connectivity index (χ4v) is 8.30. The third-order valence-corrected chi connectivity index (χ3v) is 10.1. The SMILES string of the molecule is O=C(O)CC1(c2ccc(-c3ccc(-c4ccsc4)cc3)s2)CCCCS1(=O)=O. The van der Waals surface area contributed by atoms with Crippen molar-refractivity contribution in [2.24, 2.45) is 0 Å². The molecule has 146 valence electrons. The van der Waals surface area contributed by atoms with Crippen molar-refractivity contribution in [2.45, 2.75) is 30.4 Å². The second-order valence-electron chi connectivity index (χ2n) is 7.09. The van der Waals surface area contributed by atoms with Gasteiger partial charge in [-0.15, -0.1) is 11.3 Å². The second-order valence-corrected chi connectivity index (χ2v) is 11.4. The van der Waals surface area contributed by atoms with Crippen LogP contribution in [0, 0.1) is 0 Å². The maximum Gasteiger partial charge on any atom is 0.305 e. The smallest absolute Gasteiger partial charge is 0.305 e. The zero-order valence-electron chi connectivity index (χ0n) is 15.1. The number of benzene rings is 1. The third-order valence-electron chi connectivity index (χ3n) is 5.35. The molecule has 1 fully saturated rings. The number of hydrogen-bond acceptors (Lipinski definition) is 5. The van der Waals surface area contributed by atoms with Gasteiger partial charge in [-0.25, -0.2) is 8.42 Å². The largest absolute Gasteiger partial charge is 0.481 e. The van der Waals surface area contributed by atoms with Gasteiger partial charge in [-0.05, 0) is 58.5 Å². The summed E-state index contributed by atoms with van der Waals surface area (Å²) in [4.78, 5) is 13.1. The van der Waals surface area contributed by atoms with Crippen LogP contribution in [0.3, 0.4) is 0 Å². The van der Waals surface area contributed by atoms with Crippen molar-refractivity contribution in [1.29, 1.82) is 0 Å². The molecule has 1 aliphatic heterocycles. The van der Waals surface area contributed by atoms with Crippen LogP contribution in [0.4, 0.5) is 0 Å². The predicted molar refractivity (Wildman–Crippen MR) is 115 cm³/mol. The summed E-state index contributed by atoms with van der Waals surface area (Å²) in [7, 11) is -3.51. The Morgan fingerprint density at radius 3 is 2.39 bits per heavy atom. The molecule has 1 N–H and O–H groups in total. The minimum Gasteiger partial charge on any atom is -0.481 e. The molecule has 3 heterocycles. The van der Waals surface area contributed by atoms with Crippen LogP contribution in [0.5, 0.6) is 0 Å². The average Bonchev–Trinajstić information content (AvgIpc) is 3.35. The van der Waals surface area contributed by atoms with E-state index in [-0.39, 0.29) is 12.2 Å². The normalized spacial score (nSPS) is 21.4. The van der Waals surface area contributed by atoms with E-state index >= 15 is 0 Å². The highest BCUT2D eigenvalue weighted by Crippen LogP contribution is 2.47. The molecule has 1 atom stereocenters. The Balaban J connectivity index is 1.70. The van der Waals surface area contributed by atoms with Crippen molar-refractivity contribution in [3.05, 3.63) is 58.1 Å². The number of carboxylic acids is 1. The number of thiophene rings is 2. The zero-order chi connectivity index (χ0) is 19.8. The Morgan fingerprint density at radius 2 is 1.75 bits per heavy atom. The third kappa shape index (κ3) is 3.43. The van der Waals surface area contributed by atoms with E-state index in [2.05, 4.69) is 23.6 Å². The standard InChI is InChI=1S/C21H20O4S3/c22-20(23)13-21(10-1-2-12-28(21,24)25)19-8-7-18(27-19)16-5-3-15(4-6-16)17-9-11-26-14-17/h3-9,11,14H,1-2,10,12-13H2,(H,22,23). The minimum atomic E-state index is -3.51. The van der Waals surface area contributed by atoms with Crippen molar-refractivity contribution in [3.63, 3.8) is 0 Å². The molecule has 28 heavy (non-hydrogen) atoms. The van der Waals surface area contributed by atoms with E-state index in [1.807, 2.05) is 23.6 Å². The summed E-state index contributed by atoms with van der Waals surface area (Å²) < 4.78 is 24.5. The molecule has 0 spiro atoms. The van der Waals surface area contributed by atoms with E-state index in [1.165, 1.54) is 16.9 Å². The lowest BCUT2D eigenvalue weighted by Crippen LogP contribution is -2.41. The molecule has 0 bridgehead atoms. The molecule has 4 rings (SSSR count). The quantitative estimate of drug-likeness (QED) is 0.585. The lowest BCUT2D eigenvalue weighted by molar-refractivity contribution is -0.137. The molecular weight excluding hydrogens is 412 g/mol. The van der Waals surface area contributed by atoms with Crippen LogP contribution in [-0.4, -0.2) is 25.2 Å². The molecule has 7 heteroatoms. The first-order chi connectivity index (χ1) is 13.4. The second kappa shape index (κ2) is 7.46. The monoisotopic (exact) mass is 432 g/mol. The van der Waals surface area contributed by atoms with Gasteiger partial charge >= 0.3 is 5.97 Å². The van der Waals surface area contributed by atoms with E-state index in [0.717, 1.165) is 22.4 Å². The summed E-state index contributed by atoms with van der Waals surface area (Å²) in [6.07, 6.45) is 1.34. The topological polar surface area (TPSA) is 71.4 Å². The van der Waals surface area contributed by atoms with Gasteiger partial charge in [0.1, 0.15) is 4.75 Å². The molecule has 1 aliphatic rings. The van der Waals surface area contributed by atoms with E-state index in [9.17, 15) is 18.3 Å². The van der Waals surface area contributed by atoms with Crippen molar-refractivity contribution in [3.8, 4) is 21.6 Å². The van der Waals surface area contributed by atoms with Crippen molar-refractivity contribution >= 4 is 38.5 Å². The number of hydrogen-bond donors (Lipinski definition) is 1. The first kappa shape index (κ1) is 19.4. The Hall–Kier alpha value is -1.96.